The summed E-state index contributed by atoms with van der Waals surface area (Å²) in [5, 5.41) is 2.96. The molecule has 4 nitrogen and oxygen atoms in total. The van der Waals surface area contributed by atoms with Gasteiger partial charge in [0, 0.05) is 0 Å². The fourth-order valence-electron chi connectivity index (χ4n) is 3.80. The molecule has 1 amide bonds. The molecule has 2 aliphatic rings. The van der Waals surface area contributed by atoms with Crippen LogP contribution in [0.15, 0.2) is 36.6 Å². The van der Waals surface area contributed by atoms with Gasteiger partial charge in [0.1, 0.15) is 10.8 Å². The van der Waals surface area contributed by atoms with Gasteiger partial charge in [-0.3, -0.25) is 9.59 Å². The predicted octanol–water partition coefficient (Wildman–Crippen LogP) is 4.18. The van der Waals surface area contributed by atoms with Crippen LogP contribution in [0.5, 0.6) is 0 Å². The second-order valence-electron chi connectivity index (χ2n) is 6.60. The number of amides is 1. The van der Waals surface area contributed by atoms with Crippen LogP contribution in [0.4, 0.5) is 0 Å². The minimum Gasteiger partial charge on any atom is -0.498 e. The van der Waals surface area contributed by atoms with Gasteiger partial charge in [0.2, 0.25) is 5.91 Å². The number of halogens is 2. The zero-order valence-corrected chi connectivity index (χ0v) is 15.5. The van der Waals surface area contributed by atoms with Crippen molar-refractivity contribution in [2.24, 2.45) is 0 Å². The standard InChI is InChI=1S/C19H21Cl2NO3/c1-2-11-25-12-7-9-19(10-8-12)16(23)15(18(24)22-19)13-5-3-4-6-14(13)17(20)21/h2-6,11-12,15,17H,7-10H2,1H3,(H,22,24)/b11-2+. The lowest BCUT2D eigenvalue weighted by atomic mass is 9.75. The Balaban J connectivity index is 1.82. The summed E-state index contributed by atoms with van der Waals surface area (Å²) >= 11 is 12.1. The van der Waals surface area contributed by atoms with Gasteiger partial charge in [0.05, 0.1) is 17.9 Å². The summed E-state index contributed by atoms with van der Waals surface area (Å²) in [5.41, 5.74) is 0.421. The highest BCUT2D eigenvalue weighted by Gasteiger charge is 2.54. The van der Waals surface area contributed by atoms with Gasteiger partial charge in [-0.2, -0.15) is 0 Å². The Hall–Kier alpha value is -1.52. The molecule has 0 aromatic heterocycles. The third kappa shape index (κ3) is 3.42. The molecule has 134 valence electrons. The molecule has 1 aliphatic carbocycles. The number of hydrogen-bond acceptors (Lipinski definition) is 3. The maximum absolute atomic E-state index is 13.2. The number of allylic oxidation sites excluding steroid dienone is 1. The SMILES string of the molecule is C/C=C/OC1CCC2(CC1)NC(=O)C(c1ccccc1C(Cl)Cl)C2=O. The van der Waals surface area contributed by atoms with Crippen molar-refractivity contribution >= 4 is 34.9 Å². The Bertz CT molecular complexity index is 694. The summed E-state index contributed by atoms with van der Waals surface area (Å²) in [6, 6.07) is 7.11. The Morgan fingerprint density at radius 2 is 1.92 bits per heavy atom. The quantitative estimate of drug-likeness (QED) is 0.483. The van der Waals surface area contributed by atoms with Gasteiger partial charge in [0.15, 0.2) is 5.78 Å². The largest absolute Gasteiger partial charge is 0.498 e. The zero-order chi connectivity index (χ0) is 18.0. The highest BCUT2D eigenvalue weighted by atomic mass is 35.5. The number of ether oxygens (including phenoxy) is 1. The van der Waals surface area contributed by atoms with Crippen LogP contribution >= 0.6 is 23.2 Å². The molecular weight excluding hydrogens is 361 g/mol. The number of benzene rings is 1. The zero-order valence-electron chi connectivity index (χ0n) is 14.0. The molecule has 1 aromatic carbocycles. The second kappa shape index (κ2) is 7.38. The molecule has 3 rings (SSSR count). The molecular formula is C19H21Cl2NO3. The highest BCUT2D eigenvalue weighted by molar-refractivity contribution is 6.44. The van der Waals surface area contributed by atoms with Crippen LogP contribution in [0.1, 0.15) is 54.5 Å². The monoisotopic (exact) mass is 381 g/mol. The van der Waals surface area contributed by atoms with E-state index in [9.17, 15) is 9.59 Å². The maximum Gasteiger partial charge on any atom is 0.235 e. The number of alkyl halides is 2. The number of Topliss-reactive ketones (excluding diaryl/α,β-unsaturated/α-hetero) is 1. The van der Waals surface area contributed by atoms with Gasteiger partial charge in [0.25, 0.3) is 0 Å². The first-order valence-corrected chi connectivity index (χ1v) is 9.36. The number of hydrogen-bond donors (Lipinski definition) is 1. The summed E-state index contributed by atoms with van der Waals surface area (Å²) in [6.07, 6.45) is 6.25. The summed E-state index contributed by atoms with van der Waals surface area (Å²) in [5.74, 6) is -1.19. The van der Waals surface area contributed by atoms with Crippen LogP contribution < -0.4 is 5.32 Å². The van der Waals surface area contributed by atoms with Crippen LogP contribution in [0.2, 0.25) is 0 Å². The van der Waals surface area contributed by atoms with Gasteiger partial charge >= 0.3 is 0 Å². The van der Waals surface area contributed by atoms with Crippen molar-refractivity contribution in [2.75, 3.05) is 0 Å². The fraction of sp³-hybridized carbons (Fsp3) is 0.474. The lowest BCUT2D eigenvalue weighted by Gasteiger charge is -2.35. The van der Waals surface area contributed by atoms with Crippen LogP contribution in [0.3, 0.4) is 0 Å². The van der Waals surface area contributed by atoms with E-state index >= 15 is 0 Å². The van der Waals surface area contributed by atoms with E-state index in [1.807, 2.05) is 13.0 Å². The van der Waals surface area contributed by atoms with Crippen molar-refractivity contribution in [3.8, 4) is 0 Å². The van der Waals surface area contributed by atoms with E-state index in [1.165, 1.54) is 0 Å². The van der Waals surface area contributed by atoms with E-state index in [-0.39, 0.29) is 17.8 Å². The van der Waals surface area contributed by atoms with Crippen molar-refractivity contribution in [1.29, 1.82) is 0 Å². The molecule has 1 saturated heterocycles. The lowest BCUT2D eigenvalue weighted by molar-refractivity contribution is -0.126. The van der Waals surface area contributed by atoms with Crippen molar-refractivity contribution in [2.45, 2.75) is 55.0 Å². The van der Waals surface area contributed by atoms with Crippen molar-refractivity contribution in [1.82, 2.24) is 5.32 Å². The Kier molecular flexibility index (Phi) is 5.40. The van der Waals surface area contributed by atoms with E-state index in [4.69, 9.17) is 27.9 Å². The molecule has 0 bridgehead atoms. The van der Waals surface area contributed by atoms with Crippen LogP contribution in [-0.2, 0) is 14.3 Å². The third-order valence-electron chi connectivity index (χ3n) is 5.09. The molecule has 0 radical (unpaired) electrons. The van der Waals surface area contributed by atoms with Crippen molar-refractivity contribution < 1.29 is 14.3 Å². The van der Waals surface area contributed by atoms with E-state index in [0.717, 1.165) is 12.8 Å². The predicted molar refractivity (Wildman–Crippen MR) is 97.7 cm³/mol. The van der Waals surface area contributed by atoms with E-state index in [2.05, 4.69) is 5.32 Å². The van der Waals surface area contributed by atoms with Gasteiger partial charge in [-0.1, -0.05) is 30.3 Å². The smallest absolute Gasteiger partial charge is 0.235 e. The number of nitrogens with one attached hydrogen (secondary N) is 1. The lowest BCUT2D eigenvalue weighted by Crippen LogP contribution is -2.50. The van der Waals surface area contributed by atoms with Gasteiger partial charge in [-0.05, 0) is 43.7 Å². The molecule has 1 N–H and O–H groups in total. The first-order chi connectivity index (χ1) is 12.0. The summed E-state index contributed by atoms with van der Waals surface area (Å²) in [6.45, 7) is 1.90. The molecule has 2 fully saturated rings. The second-order valence-corrected chi connectivity index (χ2v) is 7.70. The Labute approximate surface area is 157 Å². The summed E-state index contributed by atoms with van der Waals surface area (Å²) in [4.78, 5) is 25.0. The van der Waals surface area contributed by atoms with E-state index in [0.29, 0.717) is 24.0 Å². The van der Waals surface area contributed by atoms with Crippen LogP contribution in [0, 0.1) is 0 Å². The third-order valence-corrected chi connectivity index (χ3v) is 5.56. The molecule has 6 heteroatoms. The van der Waals surface area contributed by atoms with Gasteiger partial charge < -0.3 is 10.1 Å². The number of rotatable bonds is 4. The molecule has 1 saturated carbocycles. The summed E-state index contributed by atoms with van der Waals surface area (Å²) in [7, 11) is 0. The normalized spacial score (nSPS) is 29.6. The topological polar surface area (TPSA) is 55.4 Å². The molecule has 1 atom stereocenters. The average molecular weight is 382 g/mol. The average Bonchev–Trinajstić information content (AvgIpc) is 2.84. The van der Waals surface area contributed by atoms with E-state index in [1.54, 1.807) is 30.5 Å². The molecule has 1 heterocycles. The first-order valence-electron chi connectivity index (χ1n) is 8.48. The molecule has 25 heavy (non-hydrogen) atoms. The number of ketones is 1. The Morgan fingerprint density at radius 3 is 2.56 bits per heavy atom. The number of carbonyl (C=O) groups excluding carboxylic acids is 2. The van der Waals surface area contributed by atoms with Gasteiger partial charge in [-0.25, -0.2) is 0 Å². The van der Waals surface area contributed by atoms with E-state index < -0.39 is 16.3 Å². The molecule has 1 spiro atoms. The van der Waals surface area contributed by atoms with Crippen LogP contribution in [0.25, 0.3) is 0 Å². The number of carbonyl (C=O) groups is 2. The minimum atomic E-state index is -0.843. The van der Waals surface area contributed by atoms with Crippen molar-refractivity contribution in [3.63, 3.8) is 0 Å². The van der Waals surface area contributed by atoms with Gasteiger partial charge in [-0.15, -0.1) is 23.2 Å². The maximum atomic E-state index is 13.2. The molecule has 1 unspecified atom stereocenters. The first kappa shape index (κ1) is 18.3. The van der Waals surface area contributed by atoms with Crippen molar-refractivity contribution in [3.05, 3.63) is 47.7 Å². The fourth-order valence-corrected chi connectivity index (χ4v) is 4.20. The molecule has 1 aliphatic heterocycles. The minimum absolute atomic E-state index is 0.0802. The Morgan fingerprint density at radius 1 is 1.24 bits per heavy atom. The molecule has 1 aromatic rings. The highest BCUT2D eigenvalue weighted by Crippen LogP contribution is 2.42. The summed E-state index contributed by atoms with van der Waals surface area (Å²) < 4.78 is 5.62. The van der Waals surface area contributed by atoms with Crippen LogP contribution in [-0.4, -0.2) is 23.3 Å².